The van der Waals surface area contributed by atoms with Crippen LogP contribution in [0.4, 0.5) is 4.39 Å². The van der Waals surface area contributed by atoms with Gasteiger partial charge in [0.1, 0.15) is 5.69 Å². The van der Waals surface area contributed by atoms with E-state index in [2.05, 4.69) is 29.4 Å². The second-order valence-electron chi connectivity index (χ2n) is 5.99. The van der Waals surface area contributed by atoms with E-state index in [-0.39, 0.29) is 10.8 Å². The van der Waals surface area contributed by atoms with Gasteiger partial charge in [0.05, 0.1) is 12.7 Å². The minimum absolute atomic E-state index is 0.155. The van der Waals surface area contributed by atoms with Crippen molar-refractivity contribution in [2.45, 2.75) is 31.8 Å². The van der Waals surface area contributed by atoms with Crippen molar-refractivity contribution in [2.24, 2.45) is 0 Å². The van der Waals surface area contributed by atoms with Gasteiger partial charge in [0.25, 0.3) is 0 Å². The maximum atomic E-state index is 14.4. The summed E-state index contributed by atoms with van der Waals surface area (Å²) in [5.41, 5.74) is 1.46. The van der Waals surface area contributed by atoms with Crippen molar-refractivity contribution < 1.29 is 9.18 Å². The van der Waals surface area contributed by atoms with Crippen molar-refractivity contribution >= 4 is 16.9 Å². The van der Waals surface area contributed by atoms with E-state index in [9.17, 15) is 9.18 Å². The fraction of sp³-hybridized carbons (Fsp3) is 0.250. The van der Waals surface area contributed by atoms with Crippen LogP contribution in [0, 0.1) is 0 Å². The first-order valence-electron chi connectivity index (χ1n) is 8.53. The molecule has 26 heavy (non-hydrogen) atoms. The van der Waals surface area contributed by atoms with Gasteiger partial charge in [0.2, 0.25) is 5.12 Å². The van der Waals surface area contributed by atoms with Gasteiger partial charge >= 0.3 is 0 Å². The summed E-state index contributed by atoms with van der Waals surface area (Å²) in [6.07, 6.45) is 3.73. The van der Waals surface area contributed by atoms with Crippen LogP contribution in [0.25, 0.3) is 0 Å². The molecule has 1 unspecified atom stereocenters. The SMILES string of the molecule is CCCc1ccc(Cn2cc(C(F)SC(=O)c3ccccc3)nn2)cc1. The van der Waals surface area contributed by atoms with E-state index < -0.39 is 5.50 Å². The zero-order valence-corrected chi connectivity index (χ0v) is 15.3. The summed E-state index contributed by atoms with van der Waals surface area (Å²) >= 11 is 0.611. The van der Waals surface area contributed by atoms with Crippen molar-refractivity contribution in [3.05, 3.63) is 83.2 Å². The van der Waals surface area contributed by atoms with Gasteiger partial charge in [-0.3, -0.25) is 4.79 Å². The molecule has 0 aliphatic heterocycles. The smallest absolute Gasteiger partial charge is 0.222 e. The van der Waals surface area contributed by atoms with Crippen molar-refractivity contribution in [3.63, 3.8) is 0 Å². The lowest BCUT2D eigenvalue weighted by Gasteiger charge is -2.04. The third-order valence-electron chi connectivity index (χ3n) is 3.92. The molecule has 0 aliphatic carbocycles. The fourth-order valence-electron chi connectivity index (χ4n) is 2.58. The van der Waals surface area contributed by atoms with E-state index in [1.807, 2.05) is 18.2 Å². The number of aromatic nitrogens is 3. The molecule has 0 amide bonds. The number of carbonyl (C=O) groups excluding carboxylic acids is 1. The van der Waals surface area contributed by atoms with Crippen molar-refractivity contribution in [2.75, 3.05) is 0 Å². The molecule has 0 saturated carbocycles. The van der Waals surface area contributed by atoms with Gasteiger partial charge in [0, 0.05) is 5.56 Å². The summed E-state index contributed by atoms with van der Waals surface area (Å²) < 4.78 is 16.0. The topological polar surface area (TPSA) is 47.8 Å². The Morgan fingerprint density at radius 3 is 2.50 bits per heavy atom. The van der Waals surface area contributed by atoms with E-state index in [1.165, 1.54) is 5.56 Å². The molecule has 4 nitrogen and oxygen atoms in total. The molecule has 0 bridgehead atoms. The molecule has 1 atom stereocenters. The number of hydrogen-bond donors (Lipinski definition) is 0. The van der Waals surface area contributed by atoms with Crippen LogP contribution in [0.2, 0.25) is 0 Å². The molecule has 134 valence electrons. The molecule has 0 radical (unpaired) electrons. The van der Waals surface area contributed by atoms with E-state index in [1.54, 1.807) is 35.1 Å². The zero-order chi connectivity index (χ0) is 18.4. The molecule has 0 aliphatic rings. The first-order valence-corrected chi connectivity index (χ1v) is 9.41. The molecule has 6 heteroatoms. The Bertz CT molecular complexity index is 849. The summed E-state index contributed by atoms with van der Waals surface area (Å²) in [4.78, 5) is 12.1. The van der Waals surface area contributed by atoms with Gasteiger partial charge in [-0.05, 0) is 29.3 Å². The second-order valence-corrected chi connectivity index (χ2v) is 7.02. The fourth-order valence-corrected chi connectivity index (χ4v) is 3.27. The number of alkyl halides is 1. The lowest BCUT2D eigenvalue weighted by Crippen LogP contribution is -2.00. The Morgan fingerprint density at radius 2 is 1.81 bits per heavy atom. The number of carbonyl (C=O) groups is 1. The lowest BCUT2D eigenvalue weighted by atomic mass is 10.1. The third-order valence-corrected chi connectivity index (χ3v) is 4.81. The summed E-state index contributed by atoms with van der Waals surface area (Å²) in [6, 6.07) is 17.0. The largest absolute Gasteiger partial charge is 0.281 e. The molecule has 1 aromatic heterocycles. The molecule has 0 N–H and O–H groups in total. The van der Waals surface area contributed by atoms with Crippen LogP contribution in [-0.2, 0) is 13.0 Å². The number of aryl methyl sites for hydroxylation is 1. The minimum Gasteiger partial charge on any atom is -0.281 e. The molecule has 0 fully saturated rings. The predicted octanol–water partition coefficient (Wildman–Crippen LogP) is 4.82. The normalized spacial score (nSPS) is 12.1. The Balaban J connectivity index is 1.60. The van der Waals surface area contributed by atoms with Gasteiger partial charge in [-0.15, -0.1) is 5.10 Å². The van der Waals surface area contributed by atoms with E-state index in [4.69, 9.17) is 0 Å². The Kier molecular flexibility index (Phi) is 6.17. The standard InChI is InChI=1S/C20H20FN3OS/c1-2-6-15-9-11-16(12-10-15)13-24-14-18(22-23-24)19(21)26-20(25)17-7-4-3-5-8-17/h3-5,7-12,14,19H,2,6,13H2,1H3. The number of rotatable bonds is 7. The Labute approximate surface area is 156 Å². The number of hydrogen-bond acceptors (Lipinski definition) is 4. The van der Waals surface area contributed by atoms with Crippen LogP contribution >= 0.6 is 11.8 Å². The lowest BCUT2D eigenvalue weighted by molar-refractivity contribution is 0.108. The first kappa shape index (κ1) is 18.3. The number of nitrogens with zero attached hydrogens (tertiary/aromatic N) is 3. The molecule has 0 spiro atoms. The third kappa shape index (κ3) is 4.79. The molecule has 2 aromatic carbocycles. The molecule has 3 aromatic rings. The molecule has 1 heterocycles. The quantitative estimate of drug-likeness (QED) is 0.599. The van der Waals surface area contributed by atoms with E-state index >= 15 is 0 Å². The summed E-state index contributed by atoms with van der Waals surface area (Å²) in [5.74, 6) is 0. The van der Waals surface area contributed by atoms with Gasteiger partial charge < -0.3 is 0 Å². The molecule has 3 rings (SSSR count). The van der Waals surface area contributed by atoms with E-state index in [0.717, 1.165) is 18.4 Å². The number of halogens is 1. The highest BCUT2D eigenvalue weighted by atomic mass is 32.2. The number of benzene rings is 2. The Hall–Kier alpha value is -2.47. The number of thioether (sulfide) groups is 1. The molecule has 0 saturated heterocycles. The maximum absolute atomic E-state index is 14.4. The average molecular weight is 369 g/mol. The highest BCUT2D eigenvalue weighted by Gasteiger charge is 2.20. The molecular weight excluding hydrogens is 349 g/mol. The molecular formula is C20H20FN3OS. The zero-order valence-electron chi connectivity index (χ0n) is 14.5. The van der Waals surface area contributed by atoms with Gasteiger partial charge in [0.15, 0.2) is 5.50 Å². The first-order chi connectivity index (χ1) is 12.7. The summed E-state index contributed by atoms with van der Waals surface area (Å²) in [7, 11) is 0. The van der Waals surface area contributed by atoms with Crippen LogP contribution in [0.5, 0.6) is 0 Å². The second kappa shape index (κ2) is 8.76. The summed E-state index contributed by atoms with van der Waals surface area (Å²) in [5, 5.41) is 7.52. The summed E-state index contributed by atoms with van der Waals surface area (Å²) in [6.45, 7) is 2.67. The highest BCUT2D eigenvalue weighted by molar-refractivity contribution is 8.14. The van der Waals surface area contributed by atoms with Crippen LogP contribution in [-0.4, -0.2) is 20.1 Å². The van der Waals surface area contributed by atoms with Crippen molar-refractivity contribution in [3.8, 4) is 0 Å². The maximum Gasteiger partial charge on any atom is 0.222 e. The van der Waals surface area contributed by atoms with Gasteiger partial charge in [-0.1, -0.05) is 73.2 Å². The predicted molar refractivity (Wildman–Crippen MR) is 102 cm³/mol. The highest BCUT2D eigenvalue weighted by Crippen LogP contribution is 2.31. The minimum atomic E-state index is -1.54. The van der Waals surface area contributed by atoms with Gasteiger partial charge in [-0.25, -0.2) is 9.07 Å². The van der Waals surface area contributed by atoms with Crippen LogP contribution in [0.1, 0.15) is 46.0 Å². The van der Waals surface area contributed by atoms with Crippen LogP contribution in [0.3, 0.4) is 0 Å². The monoisotopic (exact) mass is 369 g/mol. The van der Waals surface area contributed by atoms with Crippen molar-refractivity contribution in [1.29, 1.82) is 0 Å². The van der Waals surface area contributed by atoms with Crippen LogP contribution < -0.4 is 0 Å². The average Bonchev–Trinajstić information content (AvgIpc) is 3.13. The van der Waals surface area contributed by atoms with Crippen LogP contribution in [0.15, 0.2) is 60.8 Å². The van der Waals surface area contributed by atoms with Crippen molar-refractivity contribution in [1.82, 2.24) is 15.0 Å². The Morgan fingerprint density at radius 1 is 1.12 bits per heavy atom. The van der Waals surface area contributed by atoms with Gasteiger partial charge in [-0.2, -0.15) is 0 Å². The van der Waals surface area contributed by atoms with E-state index in [0.29, 0.717) is 23.9 Å².